The number of aromatic nitrogens is 1. The Labute approximate surface area is 122 Å². The quantitative estimate of drug-likeness (QED) is 0.749. The average molecular weight is 313 g/mol. The molecule has 7 heteroatoms. The lowest BCUT2D eigenvalue weighted by molar-refractivity contribution is 0.436. The molecule has 0 bridgehead atoms. The number of hydrogen-bond acceptors (Lipinski definition) is 4. The summed E-state index contributed by atoms with van der Waals surface area (Å²) in [7, 11) is 0. The van der Waals surface area contributed by atoms with E-state index in [9.17, 15) is 4.39 Å². The second-order valence-corrected chi connectivity index (χ2v) is 4.76. The lowest BCUT2D eigenvalue weighted by Gasteiger charge is -2.04. The minimum absolute atomic E-state index is 0.0217. The van der Waals surface area contributed by atoms with Crippen LogP contribution in [0.5, 0.6) is 0 Å². The van der Waals surface area contributed by atoms with Gasteiger partial charge in [-0.15, -0.1) is 0 Å². The molecular formula is C13H7Cl2FN2O2. The van der Waals surface area contributed by atoms with Gasteiger partial charge in [-0.1, -0.05) is 28.9 Å². The summed E-state index contributed by atoms with van der Waals surface area (Å²) in [5, 5.41) is 3.94. The van der Waals surface area contributed by atoms with Crippen LogP contribution in [-0.2, 0) is 0 Å². The zero-order chi connectivity index (χ0) is 14.3. The molecule has 102 valence electrons. The van der Waals surface area contributed by atoms with Crippen LogP contribution in [0.3, 0.4) is 0 Å². The first-order chi connectivity index (χ1) is 9.58. The van der Waals surface area contributed by atoms with Crippen molar-refractivity contribution in [2.24, 2.45) is 0 Å². The van der Waals surface area contributed by atoms with Gasteiger partial charge in [0.05, 0.1) is 10.6 Å². The fraction of sp³-hybridized carbons (Fsp3) is 0. The Balaban J connectivity index is 2.24. The average Bonchev–Trinajstić information content (AvgIpc) is 2.99. The molecule has 0 amide bonds. The maximum atomic E-state index is 14.1. The molecule has 0 atom stereocenters. The van der Waals surface area contributed by atoms with Crippen molar-refractivity contribution in [2.45, 2.75) is 0 Å². The van der Waals surface area contributed by atoms with E-state index < -0.39 is 5.82 Å². The van der Waals surface area contributed by atoms with Crippen molar-refractivity contribution in [3.63, 3.8) is 0 Å². The summed E-state index contributed by atoms with van der Waals surface area (Å²) in [6, 6.07) is 7.70. The van der Waals surface area contributed by atoms with E-state index in [0.29, 0.717) is 5.76 Å². The molecule has 4 nitrogen and oxygen atoms in total. The van der Waals surface area contributed by atoms with E-state index in [1.54, 1.807) is 18.2 Å². The Morgan fingerprint density at radius 2 is 1.95 bits per heavy atom. The van der Waals surface area contributed by atoms with E-state index in [0.717, 1.165) is 0 Å². The zero-order valence-electron chi connectivity index (χ0n) is 9.86. The SMILES string of the molecule is Nc1onc(-c2ccc(Cl)o2)c1-c1cccc(Cl)c1F. The van der Waals surface area contributed by atoms with E-state index in [-0.39, 0.29) is 32.9 Å². The molecule has 0 saturated carbocycles. The van der Waals surface area contributed by atoms with Gasteiger partial charge in [-0.2, -0.15) is 0 Å². The van der Waals surface area contributed by atoms with Crippen molar-refractivity contribution in [3.8, 4) is 22.6 Å². The number of nitrogen functional groups attached to an aromatic ring is 1. The van der Waals surface area contributed by atoms with Crippen LogP contribution in [0, 0.1) is 5.82 Å². The van der Waals surface area contributed by atoms with Gasteiger partial charge in [0, 0.05) is 5.56 Å². The normalized spacial score (nSPS) is 10.9. The molecular weight excluding hydrogens is 306 g/mol. The fourth-order valence-corrected chi connectivity index (χ4v) is 2.19. The van der Waals surface area contributed by atoms with E-state index in [1.165, 1.54) is 12.1 Å². The van der Waals surface area contributed by atoms with E-state index in [1.807, 2.05) is 0 Å². The summed E-state index contributed by atoms with van der Waals surface area (Å²) in [5.74, 6) is -0.318. The first-order valence-corrected chi connectivity index (χ1v) is 6.28. The number of anilines is 1. The molecule has 0 unspecified atom stereocenters. The maximum absolute atomic E-state index is 14.1. The van der Waals surface area contributed by atoms with Crippen molar-refractivity contribution in [1.82, 2.24) is 5.16 Å². The molecule has 3 aromatic rings. The summed E-state index contributed by atoms with van der Waals surface area (Å²) in [6.07, 6.45) is 0. The van der Waals surface area contributed by atoms with Gasteiger partial charge in [-0.05, 0) is 29.8 Å². The molecule has 0 aliphatic rings. The minimum Gasteiger partial charge on any atom is -0.443 e. The largest absolute Gasteiger partial charge is 0.443 e. The Kier molecular flexibility index (Phi) is 3.16. The molecule has 0 radical (unpaired) electrons. The highest BCUT2D eigenvalue weighted by molar-refractivity contribution is 6.31. The molecule has 0 spiro atoms. The topological polar surface area (TPSA) is 65.2 Å². The zero-order valence-corrected chi connectivity index (χ0v) is 11.4. The van der Waals surface area contributed by atoms with Crippen LogP contribution in [-0.4, -0.2) is 5.16 Å². The molecule has 2 heterocycles. The van der Waals surface area contributed by atoms with Crippen LogP contribution < -0.4 is 5.73 Å². The third-order valence-electron chi connectivity index (χ3n) is 2.75. The van der Waals surface area contributed by atoms with Gasteiger partial charge in [0.25, 0.3) is 0 Å². The summed E-state index contributed by atoms with van der Waals surface area (Å²) in [6.45, 7) is 0. The number of hydrogen-bond donors (Lipinski definition) is 1. The van der Waals surface area contributed by atoms with Crippen LogP contribution in [0.25, 0.3) is 22.6 Å². The van der Waals surface area contributed by atoms with E-state index in [4.69, 9.17) is 37.9 Å². The molecule has 0 saturated heterocycles. The monoisotopic (exact) mass is 312 g/mol. The number of halogens is 3. The third-order valence-corrected chi connectivity index (χ3v) is 3.24. The molecule has 20 heavy (non-hydrogen) atoms. The van der Waals surface area contributed by atoms with Gasteiger partial charge in [0.1, 0.15) is 5.82 Å². The van der Waals surface area contributed by atoms with Gasteiger partial charge in [-0.3, -0.25) is 0 Å². The lowest BCUT2D eigenvalue weighted by atomic mass is 10.0. The van der Waals surface area contributed by atoms with Crippen LogP contribution >= 0.6 is 23.2 Å². The van der Waals surface area contributed by atoms with Gasteiger partial charge in [0.15, 0.2) is 16.7 Å². The molecule has 0 aliphatic carbocycles. The Morgan fingerprint density at radius 3 is 2.65 bits per heavy atom. The van der Waals surface area contributed by atoms with Crippen LogP contribution in [0.1, 0.15) is 0 Å². The van der Waals surface area contributed by atoms with Crippen molar-refractivity contribution < 1.29 is 13.3 Å². The molecule has 2 aromatic heterocycles. The van der Waals surface area contributed by atoms with E-state index >= 15 is 0 Å². The number of rotatable bonds is 2. The van der Waals surface area contributed by atoms with Crippen LogP contribution in [0.2, 0.25) is 10.2 Å². The molecule has 1 aromatic carbocycles. The van der Waals surface area contributed by atoms with Crippen molar-refractivity contribution >= 4 is 29.1 Å². The predicted octanol–water partition coefficient (Wildman–Crippen LogP) is 4.63. The van der Waals surface area contributed by atoms with Gasteiger partial charge < -0.3 is 14.7 Å². The molecule has 0 fully saturated rings. The Bertz CT molecular complexity index is 783. The number of benzene rings is 1. The van der Waals surface area contributed by atoms with Crippen molar-refractivity contribution in [2.75, 3.05) is 5.73 Å². The van der Waals surface area contributed by atoms with Gasteiger partial charge >= 0.3 is 0 Å². The first-order valence-electron chi connectivity index (χ1n) is 5.53. The van der Waals surface area contributed by atoms with Gasteiger partial charge in [-0.25, -0.2) is 4.39 Å². The number of furan rings is 1. The molecule has 2 N–H and O–H groups in total. The highest BCUT2D eigenvalue weighted by Crippen LogP contribution is 2.39. The number of nitrogens with two attached hydrogens (primary N) is 1. The standard InChI is InChI=1S/C13H7Cl2FN2O2/c14-7-3-1-2-6(11(7)16)10-12(18-20-13(10)17)8-4-5-9(15)19-8/h1-5H,17H2. The summed E-state index contributed by atoms with van der Waals surface area (Å²) in [4.78, 5) is 0. The smallest absolute Gasteiger partial charge is 0.230 e. The summed E-state index contributed by atoms with van der Waals surface area (Å²) in [5.41, 5.74) is 6.44. The Hall–Kier alpha value is -1.98. The third kappa shape index (κ3) is 2.05. The highest BCUT2D eigenvalue weighted by atomic mass is 35.5. The second kappa shape index (κ2) is 4.85. The minimum atomic E-state index is -0.608. The van der Waals surface area contributed by atoms with Gasteiger partial charge in [0.2, 0.25) is 5.88 Å². The van der Waals surface area contributed by atoms with E-state index in [2.05, 4.69) is 5.16 Å². The number of nitrogens with zero attached hydrogens (tertiary/aromatic N) is 1. The maximum Gasteiger partial charge on any atom is 0.230 e. The lowest BCUT2D eigenvalue weighted by Crippen LogP contribution is -1.91. The summed E-state index contributed by atoms with van der Waals surface area (Å²) >= 11 is 11.5. The van der Waals surface area contributed by atoms with Crippen LogP contribution in [0.4, 0.5) is 10.3 Å². The van der Waals surface area contributed by atoms with Crippen LogP contribution in [0.15, 0.2) is 39.3 Å². The first kappa shape index (κ1) is 13.0. The predicted molar refractivity (Wildman–Crippen MR) is 74.0 cm³/mol. The summed E-state index contributed by atoms with van der Waals surface area (Å²) < 4.78 is 24.3. The molecule has 0 aliphatic heterocycles. The second-order valence-electron chi connectivity index (χ2n) is 3.98. The highest BCUT2D eigenvalue weighted by Gasteiger charge is 2.23. The Morgan fingerprint density at radius 1 is 1.15 bits per heavy atom. The van der Waals surface area contributed by atoms with Crippen molar-refractivity contribution in [1.29, 1.82) is 0 Å². The molecule has 3 rings (SSSR count). The van der Waals surface area contributed by atoms with Crippen molar-refractivity contribution in [3.05, 3.63) is 46.4 Å². The fourth-order valence-electron chi connectivity index (χ4n) is 1.87.